The summed E-state index contributed by atoms with van der Waals surface area (Å²) in [6, 6.07) is -1.05. The topological polar surface area (TPSA) is 124 Å². The van der Waals surface area contributed by atoms with Gasteiger partial charge in [-0.2, -0.15) is 0 Å². The molecule has 0 rings (SSSR count). The second kappa shape index (κ2) is 7.07. The quantitative estimate of drug-likeness (QED) is 0.421. The average molecular weight is 237 g/mol. The van der Waals surface area contributed by atoms with E-state index in [2.05, 4.69) is 5.32 Å². The Morgan fingerprint density at radius 3 is 2.13 bits per heavy atom. The molecule has 0 aromatic rings. The fourth-order valence-corrected chi connectivity index (χ4v) is 1.48. The van der Waals surface area contributed by atoms with E-state index in [9.17, 15) is 14.4 Å². The van der Waals surface area contributed by atoms with Gasteiger partial charge in [0.25, 0.3) is 0 Å². The number of hydrogen-bond donors (Lipinski definition) is 4. The van der Waals surface area contributed by atoms with Gasteiger partial charge < -0.3 is 15.3 Å². The molecule has 0 spiro atoms. The van der Waals surface area contributed by atoms with Crippen molar-refractivity contribution in [1.29, 1.82) is 0 Å². The van der Waals surface area contributed by atoms with Gasteiger partial charge in [0.1, 0.15) is 6.04 Å². The Morgan fingerprint density at radius 2 is 1.73 bits per heavy atom. The number of rotatable bonds is 8. The van der Waals surface area contributed by atoms with Gasteiger partial charge in [0.15, 0.2) is 0 Å². The third-order valence-corrected chi connectivity index (χ3v) is 2.33. The molecular formula is C7H11NO6S. The van der Waals surface area contributed by atoms with Crippen molar-refractivity contribution in [2.75, 3.05) is 18.1 Å². The zero-order valence-electron chi connectivity index (χ0n) is 7.67. The van der Waals surface area contributed by atoms with Crippen LogP contribution in [0, 0.1) is 0 Å². The van der Waals surface area contributed by atoms with Crippen LogP contribution in [-0.2, 0) is 14.4 Å². The van der Waals surface area contributed by atoms with Crippen molar-refractivity contribution in [3.05, 3.63) is 0 Å². The molecule has 0 radical (unpaired) electrons. The molecule has 0 saturated heterocycles. The number of aliphatic carboxylic acids is 3. The van der Waals surface area contributed by atoms with Crippen LogP contribution < -0.4 is 5.32 Å². The second-order valence-electron chi connectivity index (χ2n) is 2.57. The Balaban J connectivity index is 3.88. The zero-order valence-corrected chi connectivity index (χ0v) is 8.49. The smallest absolute Gasteiger partial charge is 0.321 e. The van der Waals surface area contributed by atoms with Crippen molar-refractivity contribution in [3.63, 3.8) is 0 Å². The van der Waals surface area contributed by atoms with E-state index in [-0.39, 0.29) is 11.5 Å². The minimum absolute atomic E-state index is 0.00884. The van der Waals surface area contributed by atoms with Gasteiger partial charge in [-0.1, -0.05) is 0 Å². The Kier molecular flexibility index (Phi) is 6.47. The lowest BCUT2D eigenvalue weighted by atomic mass is 10.3. The molecule has 4 N–H and O–H groups in total. The molecule has 1 atom stereocenters. The molecular weight excluding hydrogens is 226 g/mol. The third-order valence-electron chi connectivity index (χ3n) is 1.31. The van der Waals surface area contributed by atoms with E-state index in [1.54, 1.807) is 0 Å². The largest absolute Gasteiger partial charge is 0.481 e. The van der Waals surface area contributed by atoms with Crippen LogP contribution in [0.1, 0.15) is 0 Å². The molecule has 0 aromatic carbocycles. The van der Waals surface area contributed by atoms with Gasteiger partial charge in [0.05, 0.1) is 12.3 Å². The maximum Gasteiger partial charge on any atom is 0.321 e. The van der Waals surface area contributed by atoms with Gasteiger partial charge in [0, 0.05) is 5.75 Å². The SMILES string of the molecule is O=C(O)CNC(CSCC(=O)O)C(=O)O. The van der Waals surface area contributed by atoms with Crippen LogP contribution in [-0.4, -0.2) is 57.3 Å². The second-order valence-corrected chi connectivity index (χ2v) is 3.60. The molecule has 0 amide bonds. The molecule has 0 bridgehead atoms. The predicted molar refractivity (Wildman–Crippen MR) is 52.0 cm³/mol. The molecule has 0 heterocycles. The molecule has 1 unspecified atom stereocenters. The average Bonchev–Trinajstić information content (AvgIpc) is 2.09. The van der Waals surface area contributed by atoms with Gasteiger partial charge >= 0.3 is 17.9 Å². The minimum Gasteiger partial charge on any atom is -0.481 e. The maximum absolute atomic E-state index is 10.6. The molecule has 0 aliphatic rings. The summed E-state index contributed by atoms with van der Waals surface area (Å²) in [6.07, 6.45) is 0. The lowest BCUT2D eigenvalue weighted by Gasteiger charge is -2.11. The first-order chi connectivity index (χ1) is 6.93. The van der Waals surface area contributed by atoms with Crippen molar-refractivity contribution in [1.82, 2.24) is 5.32 Å². The minimum atomic E-state index is -1.20. The number of nitrogens with one attached hydrogen (secondary N) is 1. The predicted octanol–water partition coefficient (Wildman–Crippen LogP) is -1.07. The van der Waals surface area contributed by atoms with Crippen LogP contribution >= 0.6 is 11.8 Å². The summed E-state index contributed by atoms with van der Waals surface area (Å²) < 4.78 is 0. The maximum atomic E-state index is 10.6. The van der Waals surface area contributed by atoms with Crippen molar-refractivity contribution in [2.45, 2.75) is 6.04 Å². The molecule has 0 saturated carbocycles. The first-order valence-corrected chi connectivity index (χ1v) is 5.06. The molecule has 15 heavy (non-hydrogen) atoms. The highest BCUT2D eigenvalue weighted by Crippen LogP contribution is 2.02. The first kappa shape index (κ1) is 13.7. The number of carboxylic acid groups (broad SMARTS) is 3. The normalized spacial score (nSPS) is 12.0. The van der Waals surface area contributed by atoms with E-state index < -0.39 is 30.5 Å². The van der Waals surface area contributed by atoms with Gasteiger partial charge in [0.2, 0.25) is 0 Å². The fraction of sp³-hybridized carbons (Fsp3) is 0.571. The molecule has 7 nitrogen and oxygen atoms in total. The van der Waals surface area contributed by atoms with E-state index in [0.717, 1.165) is 11.8 Å². The first-order valence-electron chi connectivity index (χ1n) is 3.91. The molecule has 0 aromatic heterocycles. The van der Waals surface area contributed by atoms with Crippen molar-refractivity contribution in [3.8, 4) is 0 Å². The monoisotopic (exact) mass is 237 g/mol. The summed E-state index contributed by atoms with van der Waals surface area (Å²) in [5.74, 6) is -3.60. The van der Waals surface area contributed by atoms with Crippen LogP contribution in [0.2, 0.25) is 0 Å². The highest BCUT2D eigenvalue weighted by Gasteiger charge is 2.18. The Morgan fingerprint density at radius 1 is 1.13 bits per heavy atom. The lowest BCUT2D eigenvalue weighted by molar-refractivity contribution is -0.140. The molecule has 0 fully saturated rings. The standard InChI is InChI=1S/C7H11NO6S/c9-5(10)1-8-4(7(13)14)2-15-3-6(11)12/h4,8H,1-3H2,(H,9,10)(H,11,12)(H,13,14). The molecule has 0 aliphatic heterocycles. The van der Waals surface area contributed by atoms with Gasteiger partial charge in [-0.3, -0.25) is 19.7 Å². The van der Waals surface area contributed by atoms with Gasteiger partial charge in [-0.05, 0) is 0 Å². The Labute approximate surface area is 89.5 Å². The third kappa shape index (κ3) is 7.77. The summed E-state index contributed by atoms with van der Waals surface area (Å²) in [6.45, 7) is -0.468. The summed E-state index contributed by atoms with van der Waals surface area (Å²) in [4.78, 5) is 30.9. The fourth-order valence-electron chi connectivity index (χ4n) is 0.692. The number of thioether (sulfide) groups is 1. The van der Waals surface area contributed by atoms with Gasteiger partial charge in [-0.25, -0.2) is 0 Å². The zero-order chi connectivity index (χ0) is 11.8. The van der Waals surface area contributed by atoms with Crippen molar-refractivity contribution < 1.29 is 29.7 Å². The Hall–Kier alpha value is -1.28. The molecule has 86 valence electrons. The lowest BCUT2D eigenvalue weighted by Crippen LogP contribution is -2.41. The Bertz CT molecular complexity index is 256. The summed E-state index contributed by atoms with van der Waals surface area (Å²) in [5.41, 5.74) is 0. The van der Waals surface area contributed by atoms with Crippen LogP contribution in [0.3, 0.4) is 0 Å². The van der Waals surface area contributed by atoms with E-state index in [1.807, 2.05) is 0 Å². The van der Waals surface area contributed by atoms with Crippen LogP contribution in [0.25, 0.3) is 0 Å². The number of carboxylic acids is 3. The van der Waals surface area contributed by atoms with Crippen molar-refractivity contribution >= 4 is 29.7 Å². The molecule has 8 heteroatoms. The highest BCUT2D eigenvalue weighted by molar-refractivity contribution is 8.00. The van der Waals surface area contributed by atoms with E-state index in [4.69, 9.17) is 15.3 Å². The summed E-state index contributed by atoms with van der Waals surface area (Å²) >= 11 is 0.914. The van der Waals surface area contributed by atoms with E-state index >= 15 is 0 Å². The van der Waals surface area contributed by atoms with Crippen LogP contribution in [0.4, 0.5) is 0 Å². The summed E-state index contributed by atoms with van der Waals surface area (Å²) in [5, 5.41) is 27.5. The summed E-state index contributed by atoms with van der Waals surface area (Å²) in [7, 11) is 0. The van der Waals surface area contributed by atoms with Crippen molar-refractivity contribution in [2.24, 2.45) is 0 Å². The van der Waals surface area contributed by atoms with Crippen LogP contribution in [0.5, 0.6) is 0 Å². The molecule has 0 aliphatic carbocycles. The number of hydrogen-bond acceptors (Lipinski definition) is 5. The van der Waals surface area contributed by atoms with Crippen LogP contribution in [0.15, 0.2) is 0 Å². The van der Waals surface area contributed by atoms with E-state index in [0.29, 0.717) is 0 Å². The highest BCUT2D eigenvalue weighted by atomic mass is 32.2. The number of carbonyl (C=O) groups is 3. The van der Waals surface area contributed by atoms with E-state index in [1.165, 1.54) is 0 Å². The van der Waals surface area contributed by atoms with Gasteiger partial charge in [-0.15, -0.1) is 11.8 Å².